The molecule has 0 N–H and O–H groups in total. The van der Waals surface area contributed by atoms with E-state index in [4.69, 9.17) is 0 Å². The van der Waals surface area contributed by atoms with Crippen molar-refractivity contribution >= 4 is 34.4 Å². The van der Waals surface area contributed by atoms with E-state index in [0.717, 1.165) is 27.4 Å². The second-order valence-corrected chi connectivity index (χ2v) is 8.86. The zero-order chi connectivity index (χ0) is 17.4. The fourth-order valence-corrected chi connectivity index (χ4v) is 4.68. The van der Waals surface area contributed by atoms with Gasteiger partial charge in [0, 0.05) is 36.2 Å². The summed E-state index contributed by atoms with van der Waals surface area (Å²) < 4.78 is 0.986. The zero-order valence-corrected chi connectivity index (χ0v) is 16.7. The Hall–Kier alpha value is -1.11. The van der Waals surface area contributed by atoms with Crippen LogP contribution in [0.5, 0.6) is 0 Å². The van der Waals surface area contributed by atoms with Gasteiger partial charge in [-0.1, -0.05) is 12.1 Å². The van der Waals surface area contributed by atoms with Gasteiger partial charge in [-0.2, -0.15) is 0 Å². The van der Waals surface area contributed by atoms with E-state index in [1.54, 1.807) is 0 Å². The maximum Gasteiger partial charge on any atom is 0.255 e. The number of nitrogens with zero attached hydrogens (tertiary/aromatic N) is 2. The summed E-state index contributed by atoms with van der Waals surface area (Å²) in [6.45, 7) is 2.65. The van der Waals surface area contributed by atoms with Crippen LogP contribution in [0.2, 0.25) is 0 Å². The molecule has 1 saturated heterocycles. The highest BCUT2D eigenvalue weighted by Crippen LogP contribution is 2.50. The number of amides is 2. The molecule has 2 aliphatic carbocycles. The molecule has 1 aromatic carbocycles. The van der Waals surface area contributed by atoms with Crippen LogP contribution in [-0.4, -0.2) is 47.8 Å². The molecule has 0 atom stereocenters. The van der Waals surface area contributed by atoms with E-state index in [9.17, 15) is 9.59 Å². The van der Waals surface area contributed by atoms with Crippen molar-refractivity contribution in [1.29, 1.82) is 0 Å². The van der Waals surface area contributed by atoms with Crippen LogP contribution in [0.4, 0.5) is 0 Å². The standard InChI is InChI=1S/C20H25IN2O2/c21-18-4-2-1-3-16(18)20(25)23-11-9-22(10-12-23)19(24)13-17(14-5-6-14)15-7-8-15/h1-4,14-15,17H,5-13H2. The van der Waals surface area contributed by atoms with Gasteiger partial charge < -0.3 is 9.80 Å². The summed E-state index contributed by atoms with van der Waals surface area (Å²) in [4.78, 5) is 29.3. The van der Waals surface area contributed by atoms with E-state index < -0.39 is 0 Å². The van der Waals surface area contributed by atoms with Gasteiger partial charge in [0.25, 0.3) is 5.91 Å². The maximum absolute atomic E-state index is 12.7. The zero-order valence-electron chi connectivity index (χ0n) is 14.5. The molecule has 1 aliphatic heterocycles. The smallest absolute Gasteiger partial charge is 0.255 e. The first kappa shape index (κ1) is 17.3. The van der Waals surface area contributed by atoms with Gasteiger partial charge in [0.15, 0.2) is 0 Å². The lowest BCUT2D eigenvalue weighted by atomic mass is 9.93. The molecule has 0 spiro atoms. The summed E-state index contributed by atoms with van der Waals surface area (Å²) in [5.41, 5.74) is 0.769. The van der Waals surface area contributed by atoms with Gasteiger partial charge in [-0.05, 0) is 78.2 Å². The van der Waals surface area contributed by atoms with E-state index in [1.165, 1.54) is 25.7 Å². The highest BCUT2D eigenvalue weighted by Gasteiger charge is 2.42. The topological polar surface area (TPSA) is 40.6 Å². The van der Waals surface area contributed by atoms with Crippen LogP contribution in [0.1, 0.15) is 42.5 Å². The Labute approximate surface area is 163 Å². The molecule has 1 heterocycles. The van der Waals surface area contributed by atoms with Crippen molar-refractivity contribution < 1.29 is 9.59 Å². The van der Waals surface area contributed by atoms with Crippen molar-refractivity contribution in [1.82, 2.24) is 9.80 Å². The molecule has 3 fully saturated rings. The molecule has 2 amide bonds. The number of rotatable bonds is 5. The summed E-state index contributed by atoms with van der Waals surface area (Å²) in [5.74, 6) is 2.67. The van der Waals surface area contributed by atoms with Crippen molar-refractivity contribution in [2.45, 2.75) is 32.1 Å². The van der Waals surface area contributed by atoms with Crippen molar-refractivity contribution in [3.63, 3.8) is 0 Å². The molecule has 5 heteroatoms. The second kappa shape index (κ2) is 7.25. The summed E-state index contributed by atoms with van der Waals surface area (Å²) in [5, 5.41) is 0. The molecule has 4 rings (SSSR count). The summed E-state index contributed by atoms with van der Waals surface area (Å²) in [6.07, 6.45) is 6.04. The lowest BCUT2D eigenvalue weighted by Crippen LogP contribution is -2.51. The second-order valence-electron chi connectivity index (χ2n) is 7.70. The van der Waals surface area contributed by atoms with Crippen molar-refractivity contribution in [3.05, 3.63) is 33.4 Å². The van der Waals surface area contributed by atoms with Gasteiger partial charge in [0.05, 0.1) is 5.56 Å². The van der Waals surface area contributed by atoms with Gasteiger partial charge in [0.2, 0.25) is 5.91 Å². The minimum Gasteiger partial charge on any atom is -0.339 e. The fourth-order valence-electron chi connectivity index (χ4n) is 4.06. The number of carbonyl (C=O) groups excluding carboxylic acids is 2. The van der Waals surface area contributed by atoms with Crippen LogP contribution >= 0.6 is 22.6 Å². The summed E-state index contributed by atoms with van der Waals surface area (Å²) in [6, 6.07) is 7.71. The largest absolute Gasteiger partial charge is 0.339 e. The first-order chi connectivity index (χ1) is 12.1. The molecular formula is C20H25IN2O2. The van der Waals surface area contributed by atoms with Crippen LogP contribution in [0.3, 0.4) is 0 Å². The minimum atomic E-state index is 0.0888. The molecule has 3 aliphatic rings. The average molecular weight is 452 g/mol. The molecule has 0 aromatic heterocycles. The van der Waals surface area contributed by atoms with Gasteiger partial charge >= 0.3 is 0 Å². The summed E-state index contributed by atoms with van der Waals surface area (Å²) in [7, 11) is 0. The number of hydrogen-bond acceptors (Lipinski definition) is 2. The molecule has 0 radical (unpaired) electrons. The van der Waals surface area contributed by atoms with Crippen LogP contribution in [-0.2, 0) is 4.79 Å². The van der Waals surface area contributed by atoms with E-state index in [2.05, 4.69) is 22.6 Å². The molecule has 1 aromatic rings. The monoisotopic (exact) mass is 452 g/mol. The third kappa shape index (κ3) is 4.01. The third-order valence-electron chi connectivity index (χ3n) is 5.89. The van der Waals surface area contributed by atoms with Crippen molar-refractivity contribution in [2.75, 3.05) is 26.2 Å². The highest BCUT2D eigenvalue weighted by molar-refractivity contribution is 14.1. The van der Waals surface area contributed by atoms with Gasteiger partial charge in [-0.25, -0.2) is 0 Å². The Morgan fingerprint density at radius 1 is 0.960 bits per heavy atom. The first-order valence-corrected chi connectivity index (χ1v) is 10.5. The lowest BCUT2D eigenvalue weighted by molar-refractivity contribution is -0.134. The molecule has 0 bridgehead atoms. The van der Waals surface area contributed by atoms with Crippen LogP contribution < -0.4 is 0 Å². The van der Waals surface area contributed by atoms with E-state index in [0.29, 0.717) is 38.0 Å². The number of piperazine rings is 1. The third-order valence-corrected chi connectivity index (χ3v) is 6.83. The molecule has 25 heavy (non-hydrogen) atoms. The molecular weight excluding hydrogens is 427 g/mol. The summed E-state index contributed by atoms with van der Waals surface area (Å²) >= 11 is 2.21. The predicted octanol–water partition coefficient (Wildman–Crippen LogP) is 3.40. The Balaban J connectivity index is 1.31. The van der Waals surface area contributed by atoms with E-state index in [-0.39, 0.29) is 5.91 Å². The number of halogens is 1. The van der Waals surface area contributed by atoms with Crippen molar-refractivity contribution in [3.8, 4) is 0 Å². The number of benzene rings is 1. The quantitative estimate of drug-likeness (QED) is 0.643. The van der Waals surface area contributed by atoms with E-state index in [1.807, 2.05) is 34.1 Å². The fraction of sp³-hybridized carbons (Fsp3) is 0.600. The maximum atomic E-state index is 12.7. The van der Waals surface area contributed by atoms with Crippen LogP contribution in [0.25, 0.3) is 0 Å². The SMILES string of the molecule is O=C(CC(C1CC1)C1CC1)N1CCN(C(=O)c2ccccc2I)CC1. The highest BCUT2D eigenvalue weighted by atomic mass is 127. The average Bonchev–Trinajstić information content (AvgIpc) is 3.53. The molecule has 134 valence electrons. The van der Waals surface area contributed by atoms with Gasteiger partial charge in [-0.3, -0.25) is 9.59 Å². The molecule has 0 unspecified atom stereocenters. The number of hydrogen-bond donors (Lipinski definition) is 0. The molecule has 2 saturated carbocycles. The Kier molecular flexibility index (Phi) is 5.02. The Bertz CT molecular complexity index is 649. The normalized spacial score (nSPS) is 20.9. The van der Waals surface area contributed by atoms with Gasteiger partial charge in [0.1, 0.15) is 0 Å². The molecule has 4 nitrogen and oxygen atoms in total. The lowest BCUT2D eigenvalue weighted by Gasteiger charge is -2.35. The van der Waals surface area contributed by atoms with Crippen LogP contribution in [0, 0.1) is 21.3 Å². The van der Waals surface area contributed by atoms with Crippen molar-refractivity contribution in [2.24, 2.45) is 17.8 Å². The van der Waals surface area contributed by atoms with E-state index >= 15 is 0 Å². The Morgan fingerprint density at radius 3 is 2.08 bits per heavy atom. The predicted molar refractivity (Wildman–Crippen MR) is 105 cm³/mol. The van der Waals surface area contributed by atoms with Gasteiger partial charge in [-0.15, -0.1) is 0 Å². The first-order valence-electron chi connectivity index (χ1n) is 9.45. The number of carbonyl (C=O) groups is 2. The Morgan fingerprint density at radius 2 is 1.52 bits per heavy atom. The minimum absolute atomic E-state index is 0.0888. The van der Waals surface area contributed by atoms with Crippen LogP contribution in [0.15, 0.2) is 24.3 Å².